The van der Waals surface area contributed by atoms with Gasteiger partial charge in [0.25, 0.3) is 0 Å². The summed E-state index contributed by atoms with van der Waals surface area (Å²) in [6.07, 6.45) is 2.28. The molecule has 2 rings (SSSR count). The summed E-state index contributed by atoms with van der Waals surface area (Å²) in [6.45, 7) is 6.76. The van der Waals surface area contributed by atoms with Crippen LogP contribution in [0.15, 0.2) is 30.3 Å². The van der Waals surface area contributed by atoms with Crippen LogP contribution < -0.4 is 10.1 Å². The number of benzene rings is 1. The number of rotatable bonds is 7. The van der Waals surface area contributed by atoms with Crippen LogP contribution in [0.4, 0.5) is 4.79 Å². The number of carboxylic acid groups (broad SMARTS) is 1. The van der Waals surface area contributed by atoms with Gasteiger partial charge in [0.2, 0.25) is 0 Å². The van der Waals surface area contributed by atoms with Crippen LogP contribution in [-0.2, 0) is 4.79 Å². The van der Waals surface area contributed by atoms with E-state index in [0.717, 1.165) is 18.6 Å². The van der Waals surface area contributed by atoms with E-state index in [-0.39, 0.29) is 22.7 Å². The molecule has 0 aromatic heterocycles. The number of amides is 1. The van der Waals surface area contributed by atoms with Crippen LogP contribution in [0.25, 0.3) is 0 Å². The Morgan fingerprint density at radius 1 is 1.20 bits per heavy atom. The Kier molecular flexibility index (Phi) is 6.09. The van der Waals surface area contributed by atoms with Crippen LogP contribution >= 0.6 is 0 Å². The Labute approximate surface area is 149 Å². The molecule has 5 nitrogen and oxygen atoms in total. The van der Waals surface area contributed by atoms with E-state index in [9.17, 15) is 9.59 Å². The summed E-state index contributed by atoms with van der Waals surface area (Å²) >= 11 is 0. The van der Waals surface area contributed by atoms with Crippen molar-refractivity contribution in [1.82, 2.24) is 5.32 Å². The van der Waals surface area contributed by atoms with Crippen molar-refractivity contribution in [2.75, 3.05) is 6.61 Å². The van der Waals surface area contributed by atoms with Gasteiger partial charge < -0.3 is 15.2 Å². The summed E-state index contributed by atoms with van der Waals surface area (Å²) in [5, 5.41) is 11.6. The van der Waals surface area contributed by atoms with Gasteiger partial charge in [-0.1, -0.05) is 39.0 Å². The minimum Gasteiger partial charge on any atom is -0.493 e. The van der Waals surface area contributed by atoms with Gasteiger partial charge in [-0.3, -0.25) is 4.79 Å². The molecule has 1 aromatic rings. The number of para-hydroxylation sites is 1. The van der Waals surface area contributed by atoms with Gasteiger partial charge in [0.15, 0.2) is 0 Å². The number of hydrogen-bond acceptors (Lipinski definition) is 3. The fourth-order valence-electron chi connectivity index (χ4n) is 4.41. The fraction of sp³-hybridized carbons (Fsp3) is 0.600. The van der Waals surface area contributed by atoms with Crippen molar-refractivity contribution in [2.45, 2.75) is 58.9 Å². The Balaban J connectivity index is 1.87. The second-order valence-electron chi connectivity index (χ2n) is 8.33. The van der Waals surface area contributed by atoms with Gasteiger partial charge in [-0.2, -0.15) is 0 Å². The molecule has 1 aromatic carbocycles. The average Bonchev–Trinajstić information content (AvgIpc) is 2.44. The van der Waals surface area contributed by atoms with Gasteiger partial charge in [0.1, 0.15) is 11.5 Å². The largest absolute Gasteiger partial charge is 0.493 e. The smallest absolute Gasteiger partial charge is 0.404 e. The molecule has 1 fully saturated rings. The minimum atomic E-state index is -0.993. The maximum absolute atomic E-state index is 12.4. The first-order valence-corrected chi connectivity index (χ1v) is 8.87. The lowest BCUT2D eigenvalue weighted by Crippen LogP contribution is -2.47. The predicted molar refractivity (Wildman–Crippen MR) is 96.9 cm³/mol. The zero-order valence-corrected chi connectivity index (χ0v) is 15.4. The van der Waals surface area contributed by atoms with Gasteiger partial charge in [-0.15, -0.1) is 0 Å². The monoisotopic (exact) mass is 347 g/mol. The van der Waals surface area contributed by atoms with Crippen molar-refractivity contribution < 1.29 is 19.4 Å². The lowest BCUT2D eigenvalue weighted by molar-refractivity contribution is -0.122. The van der Waals surface area contributed by atoms with E-state index in [4.69, 9.17) is 9.84 Å². The second-order valence-corrected chi connectivity index (χ2v) is 8.33. The van der Waals surface area contributed by atoms with Crippen LogP contribution in [0.5, 0.6) is 5.75 Å². The summed E-state index contributed by atoms with van der Waals surface area (Å²) in [7, 11) is 0. The minimum absolute atomic E-state index is 0.0148. The first-order valence-electron chi connectivity index (χ1n) is 8.87. The number of carbonyl (C=O) groups excluding carboxylic acids is 1. The standard InChI is InChI=1S/C20H29NO4/c1-19(2)11-15(21-18(23)24)12-20(3,14-19)13-16(22)9-10-25-17-7-5-4-6-8-17/h4-8,15,21H,9-14H2,1-3H3,(H,23,24). The molecule has 0 aliphatic heterocycles. The van der Waals surface area contributed by atoms with E-state index in [2.05, 4.69) is 26.1 Å². The first-order chi connectivity index (χ1) is 11.7. The summed E-state index contributed by atoms with van der Waals surface area (Å²) in [4.78, 5) is 23.4. The molecule has 5 heteroatoms. The number of ketones is 1. The summed E-state index contributed by atoms with van der Waals surface area (Å²) in [5.74, 6) is 0.941. The van der Waals surface area contributed by atoms with E-state index in [1.807, 2.05) is 30.3 Å². The van der Waals surface area contributed by atoms with E-state index in [1.165, 1.54) is 0 Å². The molecule has 2 unspecified atom stereocenters. The highest BCUT2D eigenvalue weighted by molar-refractivity contribution is 5.79. The van der Waals surface area contributed by atoms with E-state index in [0.29, 0.717) is 25.9 Å². The van der Waals surface area contributed by atoms with Crippen molar-refractivity contribution in [3.63, 3.8) is 0 Å². The lowest BCUT2D eigenvalue weighted by atomic mass is 9.61. The van der Waals surface area contributed by atoms with Crippen molar-refractivity contribution in [3.8, 4) is 5.75 Å². The Hall–Kier alpha value is -2.04. The lowest BCUT2D eigenvalue weighted by Gasteiger charge is -2.46. The zero-order chi connectivity index (χ0) is 18.5. The molecule has 1 saturated carbocycles. The van der Waals surface area contributed by atoms with Crippen LogP contribution in [0.2, 0.25) is 0 Å². The summed E-state index contributed by atoms with van der Waals surface area (Å²) < 4.78 is 5.60. The molecule has 0 bridgehead atoms. The number of Topliss-reactive ketones (excluding diaryl/α,β-unsaturated/α-hetero) is 1. The Morgan fingerprint density at radius 3 is 2.52 bits per heavy atom. The first kappa shape index (κ1) is 19.3. The highest BCUT2D eigenvalue weighted by Crippen LogP contribution is 2.48. The van der Waals surface area contributed by atoms with Gasteiger partial charge >= 0.3 is 6.09 Å². The zero-order valence-electron chi connectivity index (χ0n) is 15.4. The predicted octanol–water partition coefficient (Wildman–Crippen LogP) is 4.27. The summed E-state index contributed by atoms with van der Waals surface area (Å²) in [6, 6.07) is 9.37. The van der Waals surface area contributed by atoms with Crippen LogP contribution in [0, 0.1) is 10.8 Å². The van der Waals surface area contributed by atoms with Crippen LogP contribution in [-0.4, -0.2) is 29.6 Å². The second kappa shape index (κ2) is 7.89. The molecule has 2 atom stereocenters. The highest BCUT2D eigenvalue weighted by atomic mass is 16.5. The average molecular weight is 347 g/mol. The summed E-state index contributed by atoms with van der Waals surface area (Å²) in [5.41, 5.74) is -0.167. The fourth-order valence-corrected chi connectivity index (χ4v) is 4.41. The number of hydrogen-bond donors (Lipinski definition) is 2. The molecule has 0 spiro atoms. The van der Waals surface area contributed by atoms with E-state index in [1.54, 1.807) is 0 Å². The molecule has 0 heterocycles. The molecule has 25 heavy (non-hydrogen) atoms. The van der Waals surface area contributed by atoms with Gasteiger partial charge in [-0.25, -0.2) is 4.79 Å². The maximum Gasteiger partial charge on any atom is 0.404 e. The van der Waals surface area contributed by atoms with Crippen molar-refractivity contribution in [1.29, 1.82) is 0 Å². The van der Waals surface area contributed by atoms with Crippen LogP contribution in [0.3, 0.4) is 0 Å². The van der Waals surface area contributed by atoms with Crippen molar-refractivity contribution >= 4 is 11.9 Å². The molecule has 2 N–H and O–H groups in total. The normalized spacial score (nSPS) is 25.2. The maximum atomic E-state index is 12.4. The van der Waals surface area contributed by atoms with Gasteiger partial charge in [-0.05, 0) is 42.2 Å². The quantitative estimate of drug-likeness (QED) is 0.772. The third-order valence-corrected chi connectivity index (χ3v) is 4.79. The Morgan fingerprint density at radius 2 is 1.88 bits per heavy atom. The topological polar surface area (TPSA) is 75.6 Å². The van der Waals surface area contributed by atoms with E-state index >= 15 is 0 Å². The number of nitrogens with one attached hydrogen (secondary N) is 1. The van der Waals surface area contributed by atoms with E-state index < -0.39 is 6.09 Å². The molecule has 0 radical (unpaired) electrons. The SMILES string of the molecule is CC1(C)CC(NC(=O)O)CC(C)(CC(=O)CCOc2ccccc2)C1. The molecule has 138 valence electrons. The third-order valence-electron chi connectivity index (χ3n) is 4.79. The van der Waals surface area contributed by atoms with Crippen molar-refractivity contribution in [3.05, 3.63) is 30.3 Å². The molecule has 1 amide bonds. The molecule has 1 aliphatic carbocycles. The number of carbonyl (C=O) groups is 2. The highest BCUT2D eigenvalue weighted by Gasteiger charge is 2.42. The molecule has 1 aliphatic rings. The van der Waals surface area contributed by atoms with Crippen molar-refractivity contribution in [2.24, 2.45) is 10.8 Å². The third kappa shape index (κ3) is 6.40. The molecule has 0 saturated heterocycles. The Bertz CT molecular complexity index is 599. The number of ether oxygens (including phenoxy) is 1. The van der Waals surface area contributed by atoms with Gasteiger partial charge in [0, 0.05) is 18.9 Å². The molecular formula is C20H29NO4. The van der Waals surface area contributed by atoms with Gasteiger partial charge in [0.05, 0.1) is 6.61 Å². The molecular weight excluding hydrogens is 318 g/mol. The van der Waals surface area contributed by atoms with Crippen LogP contribution in [0.1, 0.15) is 52.9 Å².